The van der Waals surface area contributed by atoms with E-state index in [1.54, 1.807) is 0 Å². The van der Waals surface area contributed by atoms with Gasteiger partial charge in [0, 0.05) is 11.1 Å². The molecule has 0 fully saturated rings. The molecule has 0 atom stereocenters. The number of rotatable bonds is 5. The number of anilines is 1. The van der Waals surface area contributed by atoms with Gasteiger partial charge >= 0.3 is 0 Å². The SMILES string of the molecule is CCCCc1ccc2nc(C(C)C)cc(NN)c2c1. The predicted molar refractivity (Wildman–Crippen MR) is 82.3 cm³/mol. The molecule has 1 aromatic heterocycles. The first-order chi connectivity index (χ1) is 9.15. The average molecular weight is 257 g/mol. The summed E-state index contributed by atoms with van der Waals surface area (Å²) < 4.78 is 0. The number of hydrogen-bond donors (Lipinski definition) is 2. The molecule has 0 unspecified atom stereocenters. The van der Waals surface area contributed by atoms with Gasteiger partial charge in [0.1, 0.15) is 0 Å². The lowest BCUT2D eigenvalue weighted by atomic mass is 10.0. The average Bonchev–Trinajstić information content (AvgIpc) is 2.43. The Hall–Kier alpha value is -1.61. The molecule has 0 saturated heterocycles. The number of nitrogens with two attached hydrogens (primary N) is 1. The molecule has 0 radical (unpaired) electrons. The van der Waals surface area contributed by atoms with E-state index >= 15 is 0 Å². The van der Waals surface area contributed by atoms with Gasteiger partial charge in [-0.2, -0.15) is 0 Å². The first-order valence-electron chi connectivity index (χ1n) is 7.06. The third-order valence-corrected chi connectivity index (χ3v) is 3.46. The summed E-state index contributed by atoms with van der Waals surface area (Å²) in [6.07, 6.45) is 3.54. The van der Waals surface area contributed by atoms with Crippen molar-refractivity contribution in [1.29, 1.82) is 0 Å². The number of nitrogen functional groups attached to an aromatic ring is 1. The van der Waals surface area contributed by atoms with Crippen LogP contribution in [0.2, 0.25) is 0 Å². The van der Waals surface area contributed by atoms with Crippen LogP contribution in [0.3, 0.4) is 0 Å². The Balaban J connectivity index is 2.49. The van der Waals surface area contributed by atoms with Crippen LogP contribution in [0, 0.1) is 0 Å². The zero-order valence-electron chi connectivity index (χ0n) is 12.0. The van der Waals surface area contributed by atoms with Crippen LogP contribution in [0.4, 0.5) is 5.69 Å². The largest absolute Gasteiger partial charge is 0.323 e. The number of benzene rings is 1. The summed E-state index contributed by atoms with van der Waals surface area (Å²) in [5, 5.41) is 1.11. The highest BCUT2D eigenvalue weighted by molar-refractivity contribution is 5.91. The van der Waals surface area contributed by atoms with E-state index in [-0.39, 0.29) is 0 Å². The summed E-state index contributed by atoms with van der Waals surface area (Å²) >= 11 is 0. The highest BCUT2D eigenvalue weighted by atomic mass is 15.2. The van der Waals surface area contributed by atoms with Crippen molar-refractivity contribution in [2.45, 2.75) is 46.0 Å². The lowest BCUT2D eigenvalue weighted by molar-refractivity contribution is 0.795. The molecular formula is C16H23N3. The summed E-state index contributed by atoms with van der Waals surface area (Å²) in [7, 11) is 0. The van der Waals surface area contributed by atoms with Crippen LogP contribution in [0.25, 0.3) is 10.9 Å². The monoisotopic (exact) mass is 257 g/mol. The van der Waals surface area contributed by atoms with Gasteiger partial charge in [-0.05, 0) is 42.5 Å². The van der Waals surface area contributed by atoms with Gasteiger partial charge in [-0.25, -0.2) is 0 Å². The van der Waals surface area contributed by atoms with Crippen molar-refractivity contribution in [1.82, 2.24) is 4.98 Å². The van der Waals surface area contributed by atoms with E-state index in [0.29, 0.717) is 5.92 Å². The number of fused-ring (bicyclic) bond motifs is 1. The van der Waals surface area contributed by atoms with Crippen molar-refractivity contribution in [2.24, 2.45) is 5.84 Å². The van der Waals surface area contributed by atoms with Gasteiger partial charge < -0.3 is 5.43 Å². The van der Waals surface area contributed by atoms with Gasteiger partial charge in [-0.15, -0.1) is 0 Å². The molecule has 0 spiro atoms. The molecular weight excluding hydrogens is 234 g/mol. The maximum Gasteiger partial charge on any atom is 0.0726 e. The van der Waals surface area contributed by atoms with E-state index in [4.69, 9.17) is 10.8 Å². The smallest absolute Gasteiger partial charge is 0.0726 e. The summed E-state index contributed by atoms with van der Waals surface area (Å²) in [5.74, 6) is 6.06. The molecule has 0 amide bonds. The Labute approximate surface area is 115 Å². The third-order valence-electron chi connectivity index (χ3n) is 3.46. The first kappa shape index (κ1) is 13.8. The van der Waals surface area contributed by atoms with E-state index in [9.17, 15) is 0 Å². The fraction of sp³-hybridized carbons (Fsp3) is 0.438. The van der Waals surface area contributed by atoms with Gasteiger partial charge in [0.05, 0.1) is 11.2 Å². The van der Waals surface area contributed by atoms with Gasteiger partial charge in [0.15, 0.2) is 0 Å². The molecule has 3 heteroatoms. The number of nitrogens with zero attached hydrogens (tertiary/aromatic N) is 1. The van der Waals surface area contributed by atoms with Crippen molar-refractivity contribution in [3.05, 3.63) is 35.5 Å². The maximum atomic E-state index is 5.66. The fourth-order valence-electron chi connectivity index (χ4n) is 2.25. The highest BCUT2D eigenvalue weighted by Crippen LogP contribution is 2.27. The molecule has 102 valence electrons. The molecule has 0 aliphatic rings. The van der Waals surface area contributed by atoms with E-state index < -0.39 is 0 Å². The summed E-state index contributed by atoms with van der Waals surface area (Å²) in [6.45, 7) is 6.50. The molecule has 3 nitrogen and oxygen atoms in total. The molecule has 0 bridgehead atoms. The lowest BCUT2D eigenvalue weighted by Crippen LogP contribution is -2.09. The summed E-state index contributed by atoms with van der Waals surface area (Å²) in [6, 6.07) is 8.54. The molecule has 19 heavy (non-hydrogen) atoms. The minimum Gasteiger partial charge on any atom is -0.323 e. The van der Waals surface area contributed by atoms with Crippen molar-refractivity contribution in [3.63, 3.8) is 0 Å². The minimum atomic E-state index is 0.399. The Morgan fingerprint density at radius 1 is 1.26 bits per heavy atom. The second-order valence-electron chi connectivity index (χ2n) is 5.35. The number of pyridine rings is 1. The van der Waals surface area contributed by atoms with Crippen molar-refractivity contribution in [2.75, 3.05) is 5.43 Å². The number of unbranched alkanes of at least 4 members (excludes halogenated alkanes) is 1. The number of hydrogen-bond acceptors (Lipinski definition) is 3. The van der Waals surface area contributed by atoms with Crippen molar-refractivity contribution >= 4 is 16.6 Å². The standard InChI is InChI=1S/C16H23N3/c1-4-5-6-12-7-8-14-13(9-12)16(19-17)10-15(18-14)11(2)3/h7-11H,4-6,17H2,1-3H3,(H,18,19). The van der Waals surface area contributed by atoms with Gasteiger partial charge in [-0.1, -0.05) is 33.3 Å². The highest BCUT2D eigenvalue weighted by Gasteiger charge is 2.08. The topological polar surface area (TPSA) is 50.9 Å². The third kappa shape index (κ3) is 3.04. The molecule has 3 N–H and O–H groups in total. The lowest BCUT2D eigenvalue weighted by Gasteiger charge is -2.12. The quantitative estimate of drug-likeness (QED) is 0.629. The van der Waals surface area contributed by atoms with Crippen LogP contribution < -0.4 is 11.3 Å². The van der Waals surface area contributed by atoms with E-state index in [1.807, 2.05) is 0 Å². The number of hydrazine groups is 1. The molecule has 2 aromatic rings. The second kappa shape index (κ2) is 6.02. The molecule has 0 aliphatic heterocycles. The van der Waals surface area contributed by atoms with E-state index in [2.05, 4.69) is 50.5 Å². The predicted octanol–water partition coefficient (Wildman–Crippen LogP) is 3.99. The van der Waals surface area contributed by atoms with Crippen LogP contribution in [-0.2, 0) is 6.42 Å². The molecule has 1 heterocycles. The maximum absolute atomic E-state index is 5.66. The number of nitrogens with one attached hydrogen (secondary N) is 1. The van der Waals surface area contributed by atoms with Crippen molar-refractivity contribution in [3.8, 4) is 0 Å². The first-order valence-corrected chi connectivity index (χ1v) is 7.06. The normalized spacial score (nSPS) is 11.2. The van der Waals surface area contributed by atoms with E-state index in [1.165, 1.54) is 18.4 Å². The zero-order chi connectivity index (χ0) is 13.8. The van der Waals surface area contributed by atoms with Crippen LogP contribution >= 0.6 is 0 Å². The van der Waals surface area contributed by atoms with Gasteiger partial charge in [-0.3, -0.25) is 10.8 Å². The fourth-order valence-corrected chi connectivity index (χ4v) is 2.25. The molecule has 0 saturated carbocycles. The van der Waals surface area contributed by atoms with Crippen LogP contribution in [0.1, 0.15) is 50.8 Å². The van der Waals surface area contributed by atoms with Crippen molar-refractivity contribution < 1.29 is 0 Å². The number of aromatic nitrogens is 1. The van der Waals surface area contributed by atoms with Gasteiger partial charge in [0.2, 0.25) is 0 Å². The minimum absolute atomic E-state index is 0.399. The molecule has 2 rings (SSSR count). The Morgan fingerprint density at radius 3 is 2.68 bits per heavy atom. The summed E-state index contributed by atoms with van der Waals surface area (Å²) in [4.78, 5) is 4.71. The Bertz CT molecular complexity index is 561. The Kier molecular flexibility index (Phi) is 4.38. The number of aryl methyl sites for hydroxylation is 1. The molecule has 0 aliphatic carbocycles. The summed E-state index contributed by atoms with van der Waals surface area (Å²) in [5.41, 5.74) is 7.21. The van der Waals surface area contributed by atoms with Crippen LogP contribution in [-0.4, -0.2) is 4.98 Å². The second-order valence-corrected chi connectivity index (χ2v) is 5.35. The van der Waals surface area contributed by atoms with E-state index in [0.717, 1.165) is 28.7 Å². The van der Waals surface area contributed by atoms with Crippen LogP contribution in [0.5, 0.6) is 0 Å². The molecule has 1 aromatic carbocycles. The zero-order valence-corrected chi connectivity index (χ0v) is 12.0. The Morgan fingerprint density at radius 2 is 2.05 bits per heavy atom. The van der Waals surface area contributed by atoms with Gasteiger partial charge in [0.25, 0.3) is 0 Å². The van der Waals surface area contributed by atoms with Crippen LogP contribution in [0.15, 0.2) is 24.3 Å².